The number of ether oxygens (including phenoxy) is 1. The highest BCUT2D eigenvalue weighted by Crippen LogP contribution is 2.27. The van der Waals surface area contributed by atoms with E-state index in [1.165, 1.54) is 12.1 Å². The van der Waals surface area contributed by atoms with Gasteiger partial charge in [0.1, 0.15) is 5.82 Å². The standard InChI is InChI=1S/C14H19ClFNO/c1-2-18-13-5-7-17(8-6-13)14-4-3-12(16)9-11(14)10-15/h3-4,9,13H,2,5-8,10H2,1H3. The van der Waals surface area contributed by atoms with E-state index in [1.807, 2.05) is 13.0 Å². The first-order chi connectivity index (χ1) is 8.74. The number of piperidine rings is 1. The van der Waals surface area contributed by atoms with Crippen LogP contribution in [0.4, 0.5) is 10.1 Å². The van der Waals surface area contributed by atoms with Gasteiger partial charge in [0.15, 0.2) is 0 Å². The largest absolute Gasteiger partial charge is 0.378 e. The van der Waals surface area contributed by atoms with Gasteiger partial charge in [-0.1, -0.05) is 0 Å². The summed E-state index contributed by atoms with van der Waals surface area (Å²) >= 11 is 5.88. The highest BCUT2D eigenvalue weighted by Gasteiger charge is 2.21. The summed E-state index contributed by atoms with van der Waals surface area (Å²) in [5, 5.41) is 0. The third-order valence-electron chi connectivity index (χ3n) is 3.37. The van der Waals surface area contributed by atoms with Gasteiger partial charge in [0, 0.05) is 31.3 Å². The Morgan fingerprint density at radius 1 is 1.39 bits per heavy atom. The van der Waals surface area contributed by atoms with Crippen molar-refractivity contribution in [1.29, 1.82) is 0 Å². The molecule has 4 heteroatoms. The van der Waals surface area contributed by atoms with E-state index in [2.05, 4.69) is 4.90 Å². The summed E-state index contributed by atoms with van der Waals surface area (Å²) in [5.41, 5.74) is 1.92. The van der Waals surface area contributed by atoms with Crippen LogP contribution in [-0.2, 0) is 10.6 Å². The Morgan fingerprint density at radius 3 is 2.72 bits per heavy atom. The molecule has 0 N–H and O–H groups in total. The molecule has 1 fully saturated rings. The lowest BCUT2D eigenvalue weighted by Gasteiger charge is -2.34. The summed E-state index contributed by atoms with van der Waals surface area (Å²) in [5.74, 6) is 0.122. The summed E-state index contributed by atoms with van der Waals surface area (Å²) < 4.78 is 18.8. The van der Waals surface area contributed by atoms with E-state index in [-0.39, 0.29) is 5.82 Å². The first-order valence-electron chi connectivity index (χ1n) is 6.45. The fourth-order valence-electron chi connectivity index (χ4n) is 2.47. The van der Waals surface area contributed by atoms with Crippen LogP contribution in [0.1, 0.15) is 25.3 Å². The van der Waals surface area contributed by atoms with Crippen molar-refractivity contribution < 1.29 is 9.13 Å². The molecular weight excluding hydrogens is 253 g/mol. The molecular formula is C14H19ClFNO. The van der Waals surface area contributed by atoms with Crippen molar-refractivity contribution in [2.24, 2.45) is 0 Å². The molecule has 0 spiro atoms. The van der Waals surface area contributed by atoms with Gasteiger partial charge >= 0.3 is 0 Å². The predicted octanol–water partition coefficient (Wildman–Crippen LogP) is 3.57. The lowest BCUT2D eigenvalue weighted by molar-refractivity contribution is 0.0459. The normalized spacial score (nSPS) is 17.2. The molecule has 1 saturated heterocycles. The number of hydrogen-bond donors (Lipinski definition) is 0. The van der Waals surface area contributed by atoms with Crippen LogP contribution in [-0.4, -0.2) is 25.8 Å². The highest BCUT2D eigenvalue weighted by molar-refractivity contribution is 6.17. The molecule has 0 amide bonds. The van der Waals surface area contributed by atoms with Crippen molar-refractivity contribution in [3.63, 3.8) is 0 Å². The molecule has 2 nitrogen and oxygen atoms in total. The van der Waals surface area contributed by atoms with Crippen molar-refractivity contribution in [2.45, 2.75) is 31.7 Å². The number of halogens is 2. The molecule has 0 saturated carbocycles. The molecule has 1 aliphatic rings. The lowest BCUT2D eigenvalue weighted by atomic mass is 10.1. The number of benzene rings is 1. The summed E-state index contributed by atoms with van der Waals surface area (Å²) in [4.78, 5) is 2.27. The van der Waals surface area contributed by atoms with Crippen LogP contribution >= 0.6 is 11.6 Å². The minimum absolute atomic E-state index is 0.224. The zero-order valence-corrected chi connectivity index (χ0v) is 11.4. The Kier molecular flexibility index (Phi) is 4.84. The van der Waals surface area contributed by atoms with E-state index in [9.17, 15) is 4.39 Å². The van der Waals surface area contributed by atoms with Gasteiger partial charge < -0.3 is 9.64 Å². The van der Waals surface area contributed by atoms with Gasteiger partial charge in [-0.15, -0.1) is 11.6 Å². The number of rotatable bonds is 4. The number of nitrogens with zero attached hydrogens (tertiary/aromatic N) is 1. The van der Waals surface area contributed by atoms with Gasteiger partial charge in [-0.05, 0) is 43.5 Å². The van der Waals surface area contributed by atoms with Crippen molar-refractivity contribution in [1.82, 2.24) is 0 Å². The van der Waals surface area contributed by atoms with Gasteiger partial charge in [0.25, 0.3) is 0 Å². The van der Waals surface area contributed by atoms with Crippen LogP contribution in [0.5, 0.6) is 0 Å². The van der Waals surface area contributed by atoms with Gasteiger partial charge in [0.05, 0.1) is 6.10 Å². The van der Waals surface area contributed by atoms with Crippen LogP contribution < -0.4 is 4.90 Å². The summed E-state index contributed by atoms with van der Waals surface area (Å²) in [6.07, 6.45) is 2.41. The third-order valence-corrected chi connectivity index (χ3v) is 3.66. The van der Waals surface area contributed by atoms with E-state index in [4.69, 9.17) is 16.3 Å². The van der Waals surface area contributed by atoms with Crippen LogP contribution in [0.25, 0.3) is 0 Å². The van der Waals surface area contributed by atoms with Crippen molar-refractivity contribution in [3.05, 3.63) is 29.6 Å². The summed E-state index contributed by atoms with van der Waals surface area (Å²) in [6.45, 7) is 4.69. The van der Waals surface area contributed by atoms with Crippen LogP contribution in [0.15, 0.2) is 18.2 Å². The van der Waals surface area contributed by atoms with E-state index >= 15 is 0 Å². The molecule has 100 valence electrons. The second-order valence-corrected chi connectivity index (χ2v) is 4.82. The second-order valence-electron chi connectivity index (χ2n) is 4.55. The van der Waals surface area contributed by atoms with Crippen LogP contribution in [0.2, 0.25) is 0 Å². The van der Waals surface area contributed by atoms with E-state index in [1.54, 1.807) is 0 Å². The fraction of sp³-hybridized carbons (Fsp3) is 0.571. The molecule has 2 rings (SSSR count). The van der Waals surface area contributed by atoms with E-state index in [0.29, 0.717) is 12.0 Å². The average molecular weight is 272 g/mol. The van der Waals surface area contributed by atoms with E-state index < -0.39 is 0 Å². The Bertz CT molecular complexity index is 391. The molecule has 0 aromatic heterocycles. The van der Waals surface area contributed by atoms with Crippen molar-refractivity contribution in [3.8, 4) is 0 Å². The first-order valence-corrected chi connectivity index (χ1v) is 6.99. The number of anilines is 1. The van der Waals surface area contributed by atoms with Gasteiger partial charge in [-0.25, -0.2) is 4.39 Å². The molecule has 0 radical (unpaired) electrons. The molecule has 1 heterocycles. The molecule has 0 unspecified atom stereocenters. The molecule has 18 heavy (non-hydrogen) atoms. The fourth-order valence-corrected chi connectivity index (χ4v) is 2.68. The average Bonchev–Trinajstić information content (AvgIpc) is 2.40. The lowest BCUT2D eigenvalue weighted by Crippen LogP contribution is -2.37. The quantitative estimate of drug-likeness (QED) is 0.777. The molecule has 0 atom stereocenters. The monoisotopic (exact) mass is 271 g/mol. The van der Waals surface area contributed by atoms with Gasteiger partial charge in [0.2, 0.25) is 0 Å². The molecule has 1 aromatic carbocycles. The minimum Gasteiger partial charge on any atom is -0.378 e. The molecule has 0 aliphatic carbocycles. The van der Waals surface area contributed by atoms with Gasteiger partial charge in [-0.3, -0.25) is 0 Å². The molecule has 1 aliphatic heterocycles. The number of alkyl halides is 1. The molecule has 0 bridgehead atoms. The maximum absolute atomic E-state index is 13.2. The summed E-state index contributed by atoms with van der Waals surface area (Å²) in [6, 6.07) is 4.85. The van der Waals surface area contributed by atoms with Crippen LogP contribution in [0, 0.1) is 5.82 Å². The maximum Gasteiger partial charge on any atom is 0.123 e. The summed E-state index contributed by atoms with van der Waals surface area (Å²) in [7, 11) is 0. The second kappa shape index (κ2) is 6.39. The SMILES string of the molecule is CCOC1CCN(c2ccc(F)cc2CCl)CC1. The van der Waals surface area contributed by atoms with Crippen molar-refractivity contribution >= 4 is 17.3 Å². The zero-order valence-electron chi connectivity index (χ0n) is 10.7. The Hall–Kier alpha value is -0.800. The highest BCUT2D eigenvalue weighted by atomic mass is 35.5. The smallest absolute Gasteiger partial charge is 0.123 e. The topological polar surface area (TPSA) is 12.5 Å². The van der Waals surface area contributed by atoms with Crippen molar-refractivity contribution in [2.75, 3.05) is 24.6 Å². The van der Waals surface area contributed by atoms with E-state index in [0.717, 1.165) is 43.8 Å². The Morgan fingerprint density at radius 2 is 2.11 bits per heavy atom. The first kappa shape index (κ1) is 13.6. The minimum atomic E-state index is -0.224. The number of hydrogen-bond acceptors (Lipinski definition) is 2. The maximum atomic E-state index is 13.2. The van der Waals surface area contributed by atoms with Crippen LogP contribution in [0.3, 0.4) is 0 Å². The molecule has 1 aromatic rings. The van der Waals surface area contributed by atoms with Gasteiger partial charge in [-0.2, -0.15) is 0 Å². The Balaban J connectivity index is 2.05. The zero-order chi connectivity index (χ0) is 13.0. The Labute approximate surface area is 113 Å². The predicted molar refractivity (Wildman–Crippen MR) is 72.8 cm³/mol. The third kappa shape index (κ3) is 3.15.